The second kappa shape index (κ2) is 9.55. The molecule has 0 unspecified atom stereocenters. The highest BCUT2D eigenvalue weighted by Crippen LogP contribution is 2.26. The van der Waals surface area contributed by atoms with Crippen LogP contribution in [0.15, 0.2) is 48.5 Å². The van der Waals surface area contributed by atoms with Gasteiger partial charge in [0.2, 0.25) is 5.91 Å². The van der Waals surface area contributed by atoms with E-state index in [2.05, 4.69) is 15.6 Å². The molecule has 1 heterocycles. The molecule has 0 aliphatic rings. The monoisotopic (exact) mass is 410 g/mol. The number of aromatic nitrogens is 3. The highest BCUT2D eigenvalue weighted by Gasteiger charge is 2.21. The van der Waals surface area contributed by atoms with Gasteiger partial charge < -0.3 is 19.9 Å². The molecule has 9 heteroatoms. The summed E-state index contributed by atoms with van der Waals surface area (Å²) in [6.07, 6.45) is 0. The van der Waals surface area contributed by atoms with Crippen LogP contribution in [-0.2, 0) is 11.3 Å². The summed E-state index contributed by atoms with van der Waals surface area (Å²) in [5.41, 5.74) is 1.86. The number of aromatic carboxylic acids is 1. The van der Waals surface area contributed by atoms with Crippen LogP contribution >= 0.6 is 0 Å². The Bertz CT molecular complexity index is 1010. The molecule has 0 aliphatic heterocycles. The molecule has 3 rings (SSSR count). The van der Waals surface area contributed by atoms with Crippen LogP contribution in [0.5, 0.6) is 11.5 Å². The number of rotatable bonds is 9. The van der Waals surface area contributed by atoms with Crippen LogP contribution in [0.25, 0.3) is 11.3 Å². The molecule has 0 aliphatic carbocycles. The third kappa shape index (κ3) is 5.13. The van der Waals surface area contributed by atoms with Gasteiger partial charge >= 0.3 is 5.97 Å². The van der Waals surface area contributed by atoms with Crippen molar-refractivity contribution < 1.29 is 24.2 Å². The molecule has 0 radical (unpaired) electrons. The number of amides is 1. The van der Waals surface area contributed by atoms with Gasteiger partial charge in [0.15, 0.2) is 5.69 Å². The van der Waals surface area contributed by atoms with Crippen molar-refractivity contribution in [2.24, 2.45) is 0 Å². The molecule has 3 aromatic rings. The zero-order chi connectivity index (χ0) is 21.5. The first-order valence-electron chi connectivity index (χ1n) is 9.25. The zero-order valence-corrected chi connectivity index (χ0v) is 16.7. The lowest BCUT2D eigenvalue weighted by Crippen LogP contribution is -2.25. The number of methoxy groups -OCH3 is 1. The first-order chi connectivity index (χ1) is 14.5. The number of carboxylic acids is 1. The van der Waals surface area contributed by atoms with Gasteiger partial charge in [-0.25, -0.2) is 9.48 Å². The van der Waals surface area contributed by atoms with Gasteiger partial charge in [-0.15, -0.1) is 5.10 Å². The zero-order valence-electron chi connectivity index (χ0n) is 16.7. The van der Waals surface area contributed by atoms with E-state index < -0.39 is 5.97 Å². The smallest absolute Gasteiger partial charge is 0.358 e. The number of hydrogen-bond donors (Lipinski definition) is 2. The van der Waals surface area contributed by atoms with Crippen molar-refractivity contribution in [1.29, 1.82) is 0 Å². The molecule has 1 aromatic heterocycles. The van der Waals surface area contributed by atoms with Crippen LogP contribution in [0.1, 0.15) is 23.0 Å². The van der Waals surface area contributed by atoms with E-state index in [1.807, 2.05) is 24.3 Å². The van der Waals surface area contributed by atoms with Gasteiger partial charge in [-0.05, 0) is 42.0 Å². The topological polar surface area (TPSA) is 116 Å². The Kier molecular flexibility index (Phi) is 6.63. The van der Waals surface area contributed by atoms with Crippen LogP contribution in [0.2, 0.25) is 0 Å². The summed E-state index contributed by atoms with van der Waals surface area (Å²) in [7, 11) is 1.59. The third-order valence-electron chi connectivity index (χ3n) is 4.30. The Hall–Kier alpha value is -3.88. The standard InChI is InChI=1S/C21H22N4O5/c1-14(26)22-11-12-30-18-9-5-16(6-10-18)20-19(21(27)28)23-24-25(20)13-15-3-7-17(29-2)8-4-15/h3-10H,11-13H2,1-2H3,(H,22,26)(H,27,28). The van der Waals surface area contributed by atoms with Gasteiger partial charge in [0, 0.05) is 12.5 Å². The van der Waals surface area contributed by atoms with Crippen molar-refractivity contribution in [3.63, 3.8) is 0 Å². The van der Waals surface area contributed by atoms with Gasteiger partial charge in [0.1, 0.15) is 23.8 Å². The number of ether oxygens (including phenoxy) is 2. The number of nitrogens with one attached hydrogen (secondary N) is 1. The first kappa shape index (κ1) is 20.8. The molecule has 0 bridgehead atoms. The Morgan fingerprint density at radius 3 is 2.33 bits per heavy atom. The van der Waals surface area contributed by atoms with Gasteiger partial charge in [-0.3, -0.25) is 4.79 Å². The Morgan fingerprint density at radius 2 is 1.73 bits per heavy atom. The van der Waals surface area contributed by atoms with Crippen LogP contribution in [0.3, 0.4) is 0 Å². The minimum absolute atomic E-state index is 0.118. The van der Waals surface area contributed by atoms with Crippen molar-refractivity contribution in [1.82, 2.24) is 20.3 Å². The van der Waals surface area contributed by atoms with E-state index in [0.717, 1.165) is 11.3 Å². The van der Waals surface area contributed by atoms with Crippen molar-refractivity contribution >= 4 is 11.9 Å². The fourth-order valence-corrected chi connectivity index (χ4v) is 2.86. The largest absolute Gasteiger partial charge is 0.497 e. The van der Waals surface area contributed by atoms with Gasteiger partial charge in [-0.2, -0.15) is 0 Å². The van der Waals surface area contributed by atoms with E-state index in [-0.39, 0.29) is 11.6 Å². The average molecular weight is 410 g/mol. The highest BCUT2D eigenvalue weighted by atomic mass is 16.5. The first-order valence-corrected chi connectivity index (χ1v) is 9.25. The molecule has 156 valence electrons. The number of carboxylic acid groups (broad SMARTS) is 1. The molecule has 2 N–H and O–H groups in total. The quantitative estimate of drug-likeness (QED) is 0.520. The number of benzene rings is 2. The summed E-state index contributed by atoms with van der Waals surface area (Å²) in [5.74, 6) is 0.0717. The number of carbonyl (C=O) groups is 2. The van der Waals surface area contributed by atoms with E-state index >= 15 is 0 Å². The summed E-state index contributed by atoms with van der Waals surface area (Å²) in [5, 5.41) is 20.0. The minimum atomic E-state index is -1.15. The van der Waals surface area contributed by atoms with Crippen LogP contribution in [0.4, 0.5) is 0 Å². The molecule has 0 atom stereocenters. The Labute approximate surface area is 173 Å². The molecule has 1 amide bonds. The second-order valence-electron chi connectivity index (χ2n) is 6.45. The van der Waals surface area contributed by atoms with E-state index in [4.69, 9.17) is 9.47 Å². The summed E-state index contributed by atoms with van der Waals surface area (Å²) < 4.78 is 12.3. The number of hydrogen-bond acceptors (Lipinski definition) is 6. The summed E-state index contributed by atoms with van der Waals surface area (Å²) in [6.45, 7) is 2.53. The lowest BCUT2D eigenvalue weighted by molar-refractivity contribution is -0.119. The SMILES string of the molecule is COc1ccc(Cn2nnc(C(=O)O)c2-c2ccc(OCCNC(C)=O)cc2)cc1. The van der Waals surface area contributed by atoms with Gasteiger partial charge in [0.25, 0.3) is 0 Å². The summed E-state index contributed by atoms with van der Waals surface area (Å²) in [6, 6.07) is 14.4. The maximum Gasteiger partial charge on any atom is 0.358 e. The molecule has 0 saturated carbocycles. The number of carbonyl (C=O) groups excluding carboxylic acids is 1. The minimum Gasteiger partial charge on any atom is -0.497 e. The van der Waals surface area contributed by atoms with Crippen LogP contribution in [-0.4, -0.2) is 52.2 Å². The summed E-state index contributed by atoms with van der Waals surface area (Å²) in [4.78, 5) is 22.5. The fourth-order valence-electron chi connectivity index (χ4n) is 2.86. The van der Waals surface area contributed by atoms with Crippen molar-refractivity contribution in [3.8, 4) is 22.8 Å². The highest BCUT2D eigenvalue weighted by molar-refractivity contribution is 5.92. The van der Waals surface area contributed by atoms with Crippen molar-refractivity contribution in [2.75, 3.05) is 20.3 Å². The van der Waals surface area contributed by atoms with Gasteiger partial charge in [-0.1, -0.05) is 17.3 Å². The van der Waals surface area contributed by atoms with E-state index in [9.17, 15) is 14.7 Å². The maximum absolute atomic E-state index is 11.6. The molecular weight excluding hydrogens is 388 g/mol. The molecule has 0 saturated heterocycles. The van der Waals surface area contributed by atoms with Gasteiger partial charge in [0.05, 0.1) is 20.2 Å². The fraction of sp³-hybridized carbons (Fsp3) is 0.238. The maximum atomic E-state index is 11.6. The molecular formula is C21H22N4O5. The molecule has 2 aromatic carbocycles. The normalized spacial score (nSPS) is 10.5. The Balaban J connectivity index is 1.80. The predicted molar refractivity (Wildman–Crippen MR) is 109 cm³/mol. The van der Waals surface area contributed by atoms with Crippen LogP contribution < -0.4 is 14.8 Å². The average Bonchev–Trinajstić information content (AvgIpc) is 3.16. The number of nitrogens with zero attached hydrogens (tertiary/aromatic N) is 3. The molecule has 0 spiro atoms. The van der Waals surface area contributed by atoms with Crippen molar-refractivity contribution in [2.45, 2.75) is 13.5 Å². The van der Waals surface area contributed by atoms with E-state index in [1.54, 1.807) is 36.1 Å². The molecule has 30 heavy (non-hydrogen) atoms. The van der Waals surface area contributed by atoms with Crippen molar-refractivity contribution in [3.05, 3.63) is 59.8 Å². The van der Waals surface area contributed by atoms with E-state index in [0.29, 0.717) is 36.7 Å². The molecule has 9 nitrogen and oxygen atoms in total. The lowest BCUT2D eigenvalue weighted by Gasteiger charge is -2.10. The third-order valence-corrected chi connectivity index (χ3v) is 4.30. The molecule has 0 fully saturated rings. The Morgan fingerprint density at radius 1 is 1.07 bits per heavy atom. The lowest BCUT2D eigenvalue weighted by atomic mass is 10.1. The predicted octanol–water partition coefficient (Wildman–Crippen LogP) is 2.22. The van der Waals surface area contributed by atoms with E-state index in [1.165, 1.54) is 6.92 Å². The van der Waals surface area contributed by atoms with Crippen LogP contribution in [0, 0.1) is 0 Å². The second-order valence-corrected chi connectivity index (χ2v) is 6.45. The summed E-state index contributed by atoms with van der Waals surface area (Å²) >= 11 is 0.